The van der Waals surface area contributed by atoms with Gasteiger partial charge in [0.25, 0.3) is 0 Å². The summed E-state index contributed by atoms with van der Waals surface area (Å²) in [5.74, 6) is 0. The molecular weight excluding hydrogens is 186 g/mol. The fourth-order valence-corrected chi connectivity index (χ4v) is 0.815. The van der Waals surface area contributed by atoms with E-state index >= 15 is 0 Å². The number of hydrogen-bond donors (Lipinski definition) is 2. The minimum atomic E-state index is -0.548. The van der Waals surface area contributed by atoms with Crippen molar-refractivity contribution >= 4 is 6.09 Å². The maximum atomic E-state index is 11.2. The average Bonchev–Trinajstić information content (AvgIpc) is 2.00. The highest BCUT2D eigenvalue weighted by Crippen LogP contribution is 2.06. The first-order chi connectivity index (χ1) is 6.39. The predicted octanol–water partition coefficient (Wildman–Crippen LogP) is 0.518. The highest BCUT2D eigenvalue weighted by molar-refractivity contribution is 5.68. The number of amides is 1. The van der Waals surface area contributed by atoms with E-state index in [9.17, 15) is 4.79 Å². The molecule has 5 nitrogen and oxygen atoms in total. The molecular formula is C9H19NO4. The molecule has 0 aromatic carbocycles. The van der Waals surface area contributed by atoms with E-state index < -0.39 is 17.7 Å². The second-order valence-electron chi connectivity index (χ2n) is 3.98. The maximum absolute atomic E-state index is 11.2. The molecule has 0 aliphatic carbocycles. The largest absolute Gasteiger partial charge is 0.444 e. The number of ether oxygens (including phenoxy) is 2. The Morgan fingerprint density at radius 2 is 2.07 bits per heavy atom. The van der Waals surface area contributed by atoms with E-state index in [1.165, 1.54) is 7.11 Å². The number of carbonyl (C=O) groups is 1. The summed E-state index contributed by atoms with van der Waals surface area (Å²) in [5.41, 5.74) is -0.531. The molecule has 2 N–H and O–H groups in total. The molecule has 0 fully saturated rings. The van der Waals surface area contributed by atoms with Crippen LogP contribution < -0.4 is 5.32 Å². The van der Waals surface area contributed by atoms with E-state index in [0.29, 0.717) is 0 Å². The predicted molar refractivity (Wildman–Crippen MR) is 52.1 cm³/mol. The quantitative estimate of drug-likeness (QED) is 0.702. The molecule has 1 amide bonds. The van der Waals surface area contributed by atoms with E-state index in [4.69, 9.17) is 14.6 Å². The summed E-state index contributed by atoms with van der Waals surface area (Å²) >= 11 is 0. The van der Waals surface area contributed by atoms with Crippen molar-refractivity contribution in [3.63, 3.8) is 0 Å². The monoisotopic (exact) mass is 205 g/mol. The zero-order chi connectivity index (χ0) is 11.2. The van der Waals surface area contributed by atoms with Gasteiger partial charge in [-0.15, -0.1) is 0 Å². The Morgan fingerprint density at radius 1 is 1.50 bits per heavy atom. The second kappa shape index (κ2) is 5.82. The molecule has 0 unspecified atom stereocenters. The molecule has 0 aliphatic heterocycles. The fraction of sp³-hybridized carbons (Fsp3) is 0.889. The first-order valence-corrected chi connectivity index (χ1v) is 4.48. The SMILES string of the molecule is COC[C@H](CO)NC(=O)OC(C)(C)C. The van der Waals surface area contributed by atoms with Crippen molar-refractivity contribution in [3.05, 3.63) is 0 Å². The van der Waals surface area contributed by atoms with Gasteiger partial charge in [0.1, 0.15) is 5.60 Å². The number of methoxy groups -OCH3 is 1. The highest BCUT2D eigenvalue weighted by Gasteiger charge is 2.18. The van der Waals surface area contributed by atoms with Crippen LogP contribution in [0.1, 0.15) is 20.8 Å². The van der Waals surface area contributed by atoms with Crippen molar-refractivity contribution in [2.45, 2.75) is 32.4 Å². The van der Waals surface area contributed by atoms with Crippen molar-refractivity contribution in [1.29, 1.82) is 0 Å². The van der Waals surface area contributed by atoms with Gasteiger partial charge < -0.3 is 19.9 Å². The van der Waals surface area contributed by atoms with Crippen molar-refractivity contribution in [1.82, 2.24) is 5.32 Å². The van der Waals surface area contributed by atoms with Gasteiger partial charge in [-0.1, -0.05) is 0 Å². The molecule has 0 rings (SSSR count). The Labute approximate surface area is 84.4 Å². The Bertz CT molecular complexity index is 176. The maximum Gasteiger partial charge on any atom is 0.408 e. The summed E-state index contributed by atoms with van der Waals surface area (Å²) < 4.78 is 9.80. The first kappa shape index (κ1) is 13.2. The van der Waals surface area contributed by atoms with Gasteiger partial charge in [-0.25, -0.2) is 4.79 Å². The van der Waals surface area contributed by atoms with Gasteiger partial charge in [0.15, 0.2) is 0 Å². The molecule has 0 aliphatic rings. The molecule has 5 heteroatoms. The Balaban J connectivity index is 3.91. The van der Waals surface area contributed by atoms with Gasteiger partial charge in [0, 0.05) is 7.11 Å². The summed E-state index contributed by atoms with van der Waals surface area (Å²) in [4.78, 5) is 11.2. The molecule has 0 radical (unpaired) electrons. The highest BCUT2D eigenvalue weighted by atomic mass is 16.6. The van der Waals surface area contributed by atoms with Gasteiger partial charge in [-0.2, -0.15) is 0 Å². The number of rotatable bonds is 4. The lowest BCUT2D eigenvalue weighted by atomic mass is 10.2. The number of hydrogen-bond acceptors (Lipinski definition) is 4. The molecule has 0 spiro atoms. The molecule has 0 aromatic rings. The third-order valence-electron chi connectivity index (χ3n) is 1.31. The Hall–Kier alpha value is -0.810. The van der Waals surface area contributed by atoms with Crippen LogP contribution in [0.15, 0.2) is 0 Å². The summed E-state index contributed by atoms with van der Waals surface area (Å²) in [5, 5.41) is 11.3. The van der Waals surface area contributed by atoms with Crippen LogP contribution in [0, 0.1) is 0 Å². The lowest BCUT2D eigenvalue weighted by Gasteiger charge is -2.22. The first-order valence-electron chi connectivity index (χ1n) is 4.48. The van der Waals surface area contributed by atoms with Crippen LogP contribution in [-0.2, 0) is 9.47 Å². The molecule has 1 atom stereocenters. The van der Waals surface area contributed by atoms with Crippen molar-refractivity contribution in [3.8, 4) is 0 Å². The van der Waals surface area contributed by atoms with Crippen LogP contribution in [0.4, 0.5) is 4.79 Å². The number of carbonyl (C=O) groups excluding carboxylic acids is 1. The average molecular weight is 205 g/mol. The van der Waals surface area contributed by atoms with Crippen molar-refractivity contribution in [2.24, 2.45) is 0 Å². The van der Waals surface area contributed by atoms with Gasteiger partial charge in [-0.3, -0.25) is 0 Å². The normalized spacial score (nSPS) is 13.5. The summed E-state index contributed by atoms with van der Waals surface area (Å²) in [6.07, 6.45) is -0.548. The molecule has 0 aromatic heterocycles. The molecule has 14 heavy (non-hydrogen) atoms. The molecule has 0 saturated heterocycles. The fourth-order valence-electron chi connectivity index (χ4n) is 0.815. The van der Waals surface area contributed by atoms with Crippen LogP contribution in [0.2, 0.25) is 0 Å². The summed E-state index contributed by atoms with van der Waals surface area (Å²) in [7, 11) is 1.50. The Kier molecular flexibility index (Phi) is 5.49. The van der Waals surface area contributed by atoms with Crippen LogP contribution in [-0.4, -0.2) is 43.2 Å². The van der Waals surface area contributed by atoms with Gasteiger partial charge in [0.2, 0.25) is 0 Å². The lowest BCUT2D eigenvalue weighted by molar-refractivity contribution is 0.0429. The molecule has 0 heterocycles. The topological polar surface area (TPSA) is 67.8 Å². The summed E-state index contributed by atoms with van der Waals surface area (Å²) in [6, 6.07) is -0.421. The second-order valence-corrected chi connectivity index (χ2v) is 3.98. The lowest BCUT2D eigenvalue weighted by Crippen LogP contribution is -2.43. The van der Waals surface area contributed by atoms with Crippen LogP contribution in [0.25, 0.3) is 0 Å². The standard InChI is InChI=1S/C9H19NO4/c1-9(2,3)14-8(12)10-7(5-11)6-13-4/h7,11H,5-6H2,1-4H3,(H,10,12)/t7-/m0/s1. The van der Waals surface area contributed by atoms with E-state index in [2.05, 4.69) is 5.32 Å². The van der Waals surface area contributed by atoms with Crippen molar-refractivity contribution < 1.29 is 19.4 Å². The van der Waals surface area contributed by atoms with Crippen LogP contribution >= 0.6 is 0 Å². The molecule has 0 bridgehead atoms. The third-order valence-corrected chi connectivity index (χ3v) is 1.31. The molecule has 84 valence electrons. The molecule has 0 saturated carbocycles. The number of aliphatic hydroxyl groups is 1. The zero-order valence-corrected chi connectivity index (χ0v) is 9.16. The van der Waals surface area contributed by atoms with Gasteiger partial charge in [0.05, 0.1) is 19.3 Å². The minimum Gasteiger partial charge on any atom is -0.444 e. The number of aliphatic hydroxyl groups excluding tert-OH is 1. The van der Waals surface area contributed by atoms with E-state index in [-0.39, 0.29) is 13.2 Å². The number of nitrogens with one attached hydrogen (secondary N) is 1. The van der Waals surface area contributed by atoms with Gasteiger partial charge >= 0.3 is 6.09 Å². The zero-order valence-electron chi connectivity index (χ0n) is 9.16. The van der Waals surface area contributed by atoms with E-state index in [1.54, 1.807) is 20.8 Å². The van der Waals surface area contributed by atoms with Crippen molar-refractivity contribution in [2.75, 3.05) is 20.3 Å². The summed E-state index contributed by atoms with van der Waals surface area (Å²) in [6.45, 7) is 5.41. The van der Waals surface area contributed by atoms with Crippen LogP contribution in [0.3, 0.4) is 0 Å². The third kappa shape index (κ3) is 6.68. The number of alkyl carbamates (subject to hydrolysis) is 1. The smallest absolute Gasteiger partial charge is 0.408 e. The van der Waals surface area contributed by atoms with E-state index in [1.807, 2.05) is 0 Å². The van der Waals surface area contributed by atoms with E-state index in [0.717, 1.165) is 0 Å². The minimum absolute atomic E-state index is 0.174. The Morgan fingerprint density at radius 3 is 2.43 bits per heavy atom. The van der Waals surface area contributed by atoms with Gasteiger partial charge in [-0.05, 0) is 20.8 Å². The van der Waals surface area contributed by atoms with Crippen LogP contribution in [0.5, 0.6) is 0 Å².